The molecule has 3 aromatic rings. The lowest BCUT2D eigenvalue weighted by Gasteiger charge is -2.34. The number of non-ortho nitro benzene ring substituents is 1. The zero-order chi connectivity index (χ0) is 21.3. The fourth-order valence-corrected chi connectivity index (χ4v) is 4.10. The molecule has 2 heterocycles. The Hall–Kier alpha value is -3.48. The molecule has 1 aromatic heterocycles. The zero-order valence-corrected chi connectivity index (χ0v) is 17.1. The van der Waals surface area contributed by atoms with Crippen LogP contribution in [0.1, 0.15) is 34.5 Å². The number of benzene rings is 2. The van der Waals surface area contributed by atoms with Crippen molar-refractivity contribution in [2.75, 3.05) is 18.0 Å². The normalized spacial score (nSPS) is 14.7. The maximum atomic E-state index is 12.6. The fourth-order valence-electron chi connectivity index (χ4n) is 4.10. The lowest BCUT2D eigenvalue weighted by molar-refractivity contribution is -0.383. The highest BCUT2D eigenvalue weighted by Gasteiger charge is 2.24. The van der Waals surface area contributed by atoms with Crippen molar-refractivity contribution < 1.29 is 9.72 Å². The SMILES string of the molecule is Cc1cc(N2CCC(NC(=O)c3ccccc3C)CC2)c2cccc([N+](=O)[O-])c2n1. The number of carbonyl (C=O) groups excluding carboxylic acids is 1. The molecule has 7 nitrogen and oxygen atoms in total. The van der Waals surface area contributed by atoms with Gasteiger partial charge >= 0.3 is 0 Å². The average Bonchev–Trinajstić information content (AvgIpc) is 2.73. The van der Waals surface area contributed by atoms with Gasteiger partial charge in [-0.05, 0) is 44.4 Å². The van der Waals surface area contributed by atoms with Crippen molar-refractivity contribution in [2.45, 2.75) is 32.7 Å². The third-order valence-corrected chi connectivity index (χ3v) is 5.68. The van der Waals surface area contributed by atoms with Crippen LogP contribution in [0.25, 0.3) is 10.9 Å². The molecule has 4 rings (SSSR count). The summed E-state index contributed by atoms with van der Waals surface area (Å²) in [5.74, 6) is -0.0348. The number of nitro benzene ring substituents is 1. The van der Waals surface area contributed by atoms with Crippen molar-refractivity contribution in [1.82, 2.24) is 10.3 Å². The minimum atomic E-state index is -0.383. The van der Waals surface area contributed by atoms with Crippen LogP contribution in [-0.2, 0) is 0 Å². The van der Waals surface area contributed by atoms with E-state index in [2.05, 4.69) is 15.2 Å². The number of carbonyl (C=O) groups is 1. The molecule has 1 aliphatic rings. The van der Waals surface area contributed by atoms with Crippen LogP contribution in [0.15, 0.2) is 48.5 Å². The van der Waals surface area contributed by atoms with E-state index in [1.54, 1.807) is 6.07 Å². The van der Waals surface area contributed by atoms with E-state index in [1.165, 1.54) is 6.07 Å². The van der Waals surface area contributed by atoms with Gasteiger partial charge in [-0.25, -0.2) is 4.98 Å². The van der Waals surface area contributed by atoms with Crippen LogP contribution in [0, 0.1) is 24.0 Å². The Morgan fingerprint density at radius 1 is 1.13 bits per heavy atom. The second-order valence-electron chi connectivity index (χ2n) is 7.76. The molecule has 0 saturated carbocycles. The molecule has 30 heavy (non-hydrogen) atoms. The van der Waals surface area contributed by atoms with Gasteiger partial charge in [0.1, 0.15) is 0 Å². The molecule has 1 N–H and O–H groups in total. The Morgan fingerprint density at radius 3 is 2.57 bits per heavy atom. The van der Waals surface area contributed by atoms with Crippen LogP contribution in [0.4, 0.5) is 11.4 Å². The third kappa shape index (κ3) is 3.83. The Balaban J connectivity index is 1.51. The Morgan fingerprint density at radius 2 is 1.87 bits per heavy atom. The molecule has 154 valence electrons. The van der Waals surface area contributed by atoms with Gasteiger partial charge in [-0.15, -0.1) is 0 Å². The van der Waals surface area contributed by atoms with Gasteiger partial charge in [-0.2, -0.15) is 0 Å². The largest absolute Gasteiger partial charge is 0.371 e. The number of anilines is 1. The van der Waals surface area contributed by atoms with Gasteiger partial charge in [0.2, 0.25) is 0 Å². The molecule has 0 unspecified atom stereocenters. The van der Waals surface area contributed by atoms with Crippen LogP contribution in [-0.4, -0.2) is 34.9 Å². The number of rotatable bonds is 4. The first-order valence-corrected chi connectivity index (χ1v) is 10.1. The zero-order valence-electron chi connectivity index (χ0n) is 17.1. The summed E-state index contributed by atoms with van der Waals surface area (Å²) in [7, 11) is 0. The summed E-state index contributed by atoms with van der Waals surface area (Å²) >= 11 is 0. The summed E-state index contributed by atoms with van der Waals surface area (Å²) in [5.41, 5.74) is 3.84. The van der Waals surface area contributed by atoms with Gasteiger partial charge in [-0.1, -0.05) is 30.3 Å². The van der Waals surface area contributed by atoms with Crippen LogP contribution in [0.2, 0.25) is 0 Å². The number of amides is 1. The fraction of sp³-hybridized carbons (Fsp3) is 0.304. The maximum Gasteiger partial charge on any atom is 0.295 e. The lowest BCUT2D eigenvalue weighted by atomic mass is 10.0. The number of hydrogen-bond donors (Lipinski definition) is 1. The van der Waals surface area contributed by atoms with Gasteiger partial charge in [0.05, 0.1) is 4.92 Å². The predicted molar refractivity (Wildman–Crippen MR) is 117 cm³/mol. The van der Waals surface area contributed by atoms with Crippen LogP contribution >= 0.6 is 0 Å². The summed E-state index contributed by atoms with van der Waals surface area (Å²) in [5, 5.41) is 15.4. The predicted octanol–water partition coefficient (Wildman–Crippen LogP) is 4.16. The monoisotopic (exact) mass is 404 g/mol. The summed E-state index contributed by atoms with van der Waals surface area (Å²) in [6.07, 6.45) is 1.63. The van der Waals surface area contributed by atoms with E-state index in [0.717, 1.165) is 48.3 Å². The summed E-state index contributed by atoms with van der Waals surface area (Å²) in [6.45, 7) is 5.32. The molecule has 1 fully saturated rings. The molecule has 2 aromatic carbocycles. The standard InChI is InChI=1S/C23H24N4O3/c1-15-6-3-4-7-18(15)23(28)25-17-10-12-26(13-11-17)21-14-16(2)24-22-19(21)8-5-9-20(22)27(29)30/h3-9,14,17H,10-13H2,1-2H3,(H,25,28). The van der Waals surface area contributed by atoms with Crippen molar-refractivity contribution in [1.29, 1.82) is 0 Å². The number of nitrogens with one attached hydrogen (secondary N) is 1. The summed E-state index contributed by atoms with van der Waals surface area (Å²) in [6, 6.07) is 14.8. The number of piperidine rings is 1. The highest BCUT2D eigenvalue weighted by atomic mass is 16.6. The minimum Gasteiger partial charge on any atom is -0.371 e. The molecule has 0 aliphatic carbocycles. The molecule has 0 radical (unpaired) electrons. The second kappa shape index (κ2) is 8.10. The number of para-hydroxylation sites is 1. The first kappa shape index (κ1) is 19.8. The quantitative estimate of drug-likeness (QED) is 0.521. The number of aromatic nitrogens is 1. The van der Waals surface area contributed by atoms with E-state index in [4.69, 9.17) is 0 Å². The minimum absolute atomic E-state index is 0.0258. The lowest BCUT2D eigenvalue weighted by Crippen LogP contribution is -2.45. The van der Waals surface area contributed by atoms with Gasteiger partial charge in [0.25, 0.3) is 11.6 Å². The summed E-state index contributed by atoms with van der Waals surface area (Å²) in [4.78, 5) is 30.3. The number of hydrogen-bond acceptors (Lipinski definition) is 5. The summed E-state index contributed by atoms with van der Waals surface area (Å²) < 4.78 is 0. The van der Waals surface area contributed by atoms with Crippen LogP contribution in [0.5, 0.6) is 0 Å². The number of nitrogens with zero attached hydrogens (tertiary/aromatic N) is 3. The molecular weight excluding hydrogens is 380 g/mol. The van der Waals surface area contributed by atoms with Crippen molar-refractivity contribution in [2.24, 2.45) is 0 Å². The maximum absolute atomic E-state index is 12.6. The Labute approximate surface area is 174 Å². The number of aryl methyl sites for hydroxylation is 2. The molecule has 0 bridgehead atoms. The van der Waals surface area contributed by atoms with Gasteiger partial charge < -0.3 is 10.2 Å². The third-order valence-electron chi connectivity index (χ3n) is 5.68. The highest BCUT2D eigenvalue weighted by Crippen LogP contribution is 2.33. The van der Waals surface area contributed by atoms with E-state index in [9.17, 15) is 14.9 Å². The van der Waals surface area contributed by atoms with Crippen LogP contribution in [0.3, 0.4) is 0 Å². The molecule has 1 amide bonds. The topological polar surface area (TPSA) is 88.4 Å². The van der Waals surface area contributed by atoms with Crippen molar-refractivity contribution >= 4 is 28.2 Å². The number of nitro groups is 1. The first-order chi connectivity index (χ1) is 14.4. The van der Waals surface area contributed by atoms with E-state index >= 15 is 0 Å². The Kier molecular flexibility index (Phi) is 5.35. The molecule has 0 spiro atoms. The van der Waals surface area contributed by atoms with E-state index in [1.807, 2.05) is 50.2 Å². The number of pyridine rings is 1. The molecule has 7 heteroatoms. The smallest absolute Gasteiger partial charge is 0.295 e. The van der Waals surface area contributed by atoms with E-state index in [0.29, 0.717) is 11.1 Å². The highest BCUT2D eigenvalue weighted by molar-refractivity contribution is 5.97. The van der Waals surface area contributed by atoms with Gasteiger partial charge in [0, 0.05) is 47.5 Å². The van der Waals surface area contributed by atoms with E-state index in [-0.39, 0.29) is 22.6 Å². The second-order valence-corrected chi connectivity index (χ2v) is 7.76. The van der Waals surface area contributed by atoms with Crippen molar-refractivity contribution in [3.05, 3.63) is 75.5 Å². The first-order valence-electron chi connectivity index (χ1n) is 10.1. The average molecular weight is 404 g/mol. The van der Waals surface area contributed by atoms with Crippen LogP contribution < -0.4 is 10.2 Å². The molecular formula is C23H24N4O3. The van der Waals surface area contributed by atoms with Gasteiger partial charge in [0.15, 0.2) is 5.52 Å². The molecule has 1 saturated heterocycles. The van der Waals surface area contributed by atoms with Gasteiger partial charge in [-0.3, -0.25) is 14.9 Å². The van der Waals surface area contributed by atoms with Crippen molar-refractivity contribution in [3.8, 4) is 0 Å². The molecule has 1 aliphatic heterocycles. The number of fused-ring (bicyclic) bond motifs is 1. The van der Waals surface area contributed by atoms with E-state index < -0.39 is 0 Å². The molecule has 0 atom stereocenters. The Bertz CT molecular complexity index is 1120. The van der Waals surface area contributed by atoms with Crippen molar-refractivity contribution in [3.63, 3.8) is 0 Å².